The Labute approximate surface area is 101 Å². The summed E-state index contributed by atoms with van der Waals surface area (Å²) in [6, 6.07) is 0. The molecular weight excluding hydrogens is 240 g/mol. The summed E-state index contributed by atoms with van der Waals surface area (Å²) < 4.78 is 11.1. The van der Waals surface area contributed by atoms with Crippen molar-refractivity contribution < 1.29 is 8.23 Å². The van der Waals surface area contributed by atoms with E-state index in [1.165, 1.54) is 25.7 Å². The molecule has 4 nitrogen and oxygen atoms in total. The van der Waals surface area contributed by atoms with Crippen LogP contribution < -0.4 is 9.96 Å². The van der Waals surface area contributed by atoms with E-state index in [9.17, 15) is 0 Å². The van der Waals surface area contributed by atoms with E-state index in [0.29, 0.717) is 0 Å². The Balaban J connectivity index is 2.81. The van der Waals surface area contributed by atoms with Crippen LogP contribution in [-0.4, -0.2) is 42.9 Å². The maximum Gasteiger partial charge on any atom is 0.284 e. The molecule has 15 heavy (non-hydrogen) atoms. The molecule has 2 N–H and O–H groups in total. The molecule has 0 spiro atoms. The lowest BCUT2D eigenvalue weighted by Crippen LogP contribution is -2.29. The third kappa shape index (κ3) is 14.5. The van der Waals surface area contributed by atoms with Crippen LogP contribution in [-0.2, 0) is 8.23 Å². The maximum atomic E-state index is 5.53. The average Bonchev–Trinajstić information content (AvgIpc) is 2.26. The van der Waals surface area contributed by atoms with Gasteiger partial charge in [-0.15, -0.1) is 0 Å². The highest BCUT2D eigenvalue weighted by Crippen LogP contribution is 1.81. The lowest BCUT2D eigenvalue weighted by atomic mass is 10.3. The Bertz CT molecular complexity index is 110. The van der Waals surface area contributed by atoms with Crippen LogP contribution in [0.1, 0.15) is 39.5 Å². The fourth-order valence-corrected chi connectivity index (χ4v) is 5.18. The van der Waals surface area contributed by atoms with Crippen molar-refractivity contribution in [1.29, 1.82) is 0 Å². The molecule has 0 bridgehead atoms. The van der Waals surface area contributed by atoms with Crippen molar-refractivity contribution >= 4 is 29.9 Å². The standard InChI is InChI=1S/C8H26N2O2Si3/c1-3-5-7-9-13-11-15-12-14-10-8-6-4-2/h9-10H,3-8,13-15H2,1-2H3. The summed E-state index contributed by atoms with van der Waals surface area (Å²) in [4.78, 5) is 6.73. The number of unbranched alkanes of at least 4 members (excludes halogenated alkanes) is 2. The molecule has 0 aliphatic carbocycles. The molecule has 0 saturated carbocycles. The number of hydrogen-bond donors (Lipinski definition) is 2. The molecule has 0 aliphatic heterocycles. The third-order valence-electron chi connectivity index (χ3n) is 1.99. The molecule has 0 aromatic heterocycles. The van der Waals surface area contributed by atoms with Crippen LogP contribution >= 0.6 is 0 Å². The van der Waals surface area contributed by atoms with Crippen LogP contribution in [0.3, 0.4) is 0 Å². The van der Waals surface area contributed by atoms with Crippen LogP contribution in [0, 0.1) is 0 Å². The van der Waals surface area contributed by atoms with Gasteiger partial charge < -0.3 is 18.2 Å². The van der Waals surface area contributed by atoms with Gasteiger partial charge in [-0.1, -0.05) is 26.7 Å². The summed E-state index contributed by atoms with van der Waals surface area (Å²) in [5, 5.41) is 0. The first-order chi connectivity index (χ1) is 7.41. The van der Waals surface area contributed by atoms with Crippen LogP contribution in [0.2, 0.25) is 0 Å². The number of nitrogens with one attached hydrogen (secondary N) is 2. The van der Waals surface area contributed by atoms with Crippen LogP contribution in [0.15, 0.2) is 0 Å². The summed E-state index contributed by atoms with van der Waals surface area (Å²) in [5.74, 6) is 0. The van der Waals surface area contributed by atoms with Crippen molar-refractivity contribution in [1.82, 2.24) is 9.96 Å². The van der Waals surface area contributed by atoms with E-state index in [1.54, 1.807) is 0 Å². The maximum absolute atomic E-state index is 5.53. The highest BCUT2D eigenvalue weighted by atomic mass is 28.4. The third-order valence-corrected chi connectivity index (χ3v) is 6.07. The van der Waals surface area contributed by atoms with Crippen molar-refractivity contribution in [3.05, 3.63) is 0 Å². The van der Waals surface area contributed by atoms with Crippen molar-refractivity contribution in [3.63, 3.8) is 0 Å². The summed E-state index contributed by atoms with van der Waals surface area (Å²) in [5.41, 5.74) is 0. The molecule has 0 radical (unpaired) electrons. The highest BCUT2D eigenvalue weighted by Gasteiger charge is 1.91. The molecular formula is C8H26N2O2Si3. The first kappa shape index (κ1) is 15.5. The lowest BCUT2D eigenvalue weighted by Gasteiger charge is -2.07. The van der Waals surface area contributed by atoms with Crippen molar-refractivity contribution in [3.8, 4) is 0 Å². The second-order valence-electron chi connectivity index (χ2n) is 3.52. The second kappa shape index (κ2) is 14.5. The Morgan fingerprint density at radius 1 is 0.867 bits per heavy atom. The Morgan fingerprint density at radius 2 is 1.33 bits per heavy atom. The van der Waals surface area contributed by atoms with Gasteiger partial charge in [-0.3, -0.25) is 0 Å². The normalized spacial score (nSPS) is 13.2. The van der Waals surface area contributed by atoms with Gasteiger partial charge >= 0.3 is 0 Å². The predicted octanol–water partition coefficient (Wildman–Crippen LogP) is -1.20. The SMILES string of the molecule is CCCCN[SiH2]O[SiH2]O[SiH2]NCCCC. The van der Waals surface area contributed by atoms with Gasteiger partial charge in [-0.2, -0.15) is 0 Å². The van der Waals surface area contributed by atoms with Gasteiger partial charge in [0.25, 0.3) is 10.0 Å². The number of rotatable bonds is 12. The summed E-state index contributed by atoms with van der Waals surface area (Å²) >= 11 is 0. The molecule has 0 unspecified atom stereocenters. The predicted molar refractivity (Wildman–Crippen MR) is 73.6 cm³/mol. The number of hydrogen-bond acceptors (Lipinski definition) is 4. The second-order valence-corrected chi connectivity index (χ2v) is 8.60. The molecule has 92 valence electrons. The first-order valence-corrected chi connectivity index (χ1v) is 9.71. The van der Waals surface area contributed by atoms with Gasteiger partial charge in [0.05, 0.1) is 0 Å². The van der Waals surface area contributed by atoms with Crippen LogP contribution in [0.25, 0.3) is 0 Å². The van der Waals surface area contributed by atoms with Crippen LogP contribution in [0.4, 0.5) is 0 Å². The smallest absolute Gasteiger partial charge is 0.284 e. The molecule has 0 heterocycles. The van der Waals surface area contributed by atoms with Crippen molar-refractivity contribution in [2.24, 2.45) is 0 Å². The van der Waals surface area contributed by atoms with E-state index in [1.807, 2.05) is 0 Å². The Morgan fingerprint density at radius 3 is 1.73 bits per heavy atom. The molecule has 0 aromatic rings. The van der Waals surface area contributed by atoms with E-state index in [-0.39, 0.29) is 0 Å². The molecule has 0 fully saturated rings. The zero-order valence-electron chi connectivity index (χ0n) is 10.2. The fourth-order valence-electron chi connectivity index (χ4n) is 1.03. The zero-order chi connectivity index (χ0) is 11.2. The van der Waals surface area contributed by atoms with E-state index in [2.05, 4.69) is 23.8 Å². The van der Waals surface area contributed by atoms with E-state index in [0.717, 1.165) is 13.1 Å². The summed E-state index contributed by atoms with van der Waals surface area (Å²) in [7, 11) is -1.60. The van der Waals surface area contributed by atoms with E-state index >= 15 is 0 Å². The fraction of sp³-hybridized carbons (Fsp3) is 1.00. The molecule has 0 aliphatic rings. The molecule has 0 rings (SSSR count). The molecule has 0 amide bonds. The topological polar surface area (TPSA) is 42.5 Å². The van der Waals surface area contributed by atoms with Gasteiger partial charge in [0.2, 0.25) is 19.8 Å². The Hall–Kier alpha value is 0.491. The average molecular weight is 267 g/mol. The van der Waals surface area contributed by atoms with Crippen molar-refractivity contribution in [2.75, 3.05) is 13.1 Å². The lowest BCUT2D eigenvalue weighted by molar-refractivity contribution is 0.476. The van der Waals surface area contributed by atoms with E-state index in [4.69, 9.17) is 8.23 Å². The summed E-state index contributed by atoms with van der Waals surface area (Å²) in [6.45, 7) is 6.64. The molecule has 0 aromatic carbocycles. The van der Waals surface area contributed by atoms with Gasteiger partial charge in [0, 0.05) is 0 Å². The van der Waals surface area contributed by atoms with Crippen molar-refractivity contribution in [2.45, 2.75) is 39.5 Å². The quantitative estimate of drug-likeness (QED) is 0.344. The minimum atomic E-state index is -0.659. The summed E-state index contributed by atoms with van der Waals surface area (Å²) in [6.07, 6.45) is 5.02. The highest BCUT2D eigenvalue weighted by molar-refractivity contribution is 6.43. The van der Waals surface area contributed by atoms with Gasteiger partial charge in [0.1, 0.15) is 0 Å². The first-order valence-electron chi connectivity index (χ1n) is 5.98. The molecule has 0 atom stereocenters. The van der Waals surface area contributed by atoms with Gasteiger partial charge in [0.15, 0.2) is 0 Å². The Kier molecular flexibility index (Phi) is 15.0. The zero-order valence-corrected chi connectivity index (χ0v) is 14.4. The molecule has 0 saturated heterocycles. The van der Waals surface area contributed by atoms with Gasteiger partial charge in [-0.05, 0) is 25.9 Å². The van der Waals surface area contributed by atoms with Crippen LogP contribution in [0.5, 0.6) is 0 Å². The minimum Gasteiger partial charge on any atom is -0.433 e. The monoisotopic (exact) mass is 266 g/mol. The molecule has 7 heteroatoms. The van der Waals surface area contributed by atoms with E-state index < -0.39 is 29.9 Å². The van der Waals surface area contributed by atoms with Gasteiger partial charge in [-0.25, -0.2) is 0 Å². The minimum absolute atomic E-state index is 0.472. The largest absolute Gasteiger partial charge is 0.433 e.